The molecule has 0 radical (unpaired) electrons. The van der Waals surface area contributed by atoms with Crippen molar-refractivity contribution in [3.05, 3.63) is 33.6 Å². The van der Waals surface area contributed by atoms with Crippen molar-refractivity contribution in [3.63, 3.8) is 0 Å². The molecule has 6 heteroatoms. The van der Waals surface area contributed by atoms with Gasteiger partial charge in [0.2, 0.25) is 0 Å². The van der Waals surface area contributed by atoms with Gasteiger partial charge in [0.1, 0.15) is 10.3 Å². The Hall–Kier alpha value is -1.07. The first-order valence-electron chi connectivity index (χ1n) is 4.63. The third kappa shape index (κ3) is 1.92. The van der Waals surface area contributed by atoms with Gasteiger partial charge in [0, 0.05) is 17.3 Å². The predicted molar refractivity (Wildman–Crippen MR) is 63.9 cm³/mol. The minimum absolute atomic E-state index is 0.254. The van der Waals surface area contributed by atoms with Gasteiger partial charge in [0.05, 0.1) is 6.61 Å². The maximum Gasteiger partial charge on any atom is 0.359 e. The van der Waals surface area contributed by atoms with Gasteiger partial charge < -0.3 is 4.74 Å². The first kappa shape index (κ1) is 11.4. The highest BCUT2D eigenvalue weighted by Crippen LogP contribution is 2.21. The summed E-state index contributed by atoms with van der Waals surface area (Å²) in [6, 6.07) is 3.39. The number of ether oxygens (including phenoxy) is 1. The predicted octanol–water partition coefficient (Wildman–Crippen LogP) is 2.93. The zero-order valence-electron chi connectivity index (χ0n) is 8.41. The van der Waals surface area contributed by atoms with Crippen LogP contribution in [0.4, 0.5) is 0 Å². The molecule has 2 aromatic heterocycles. The Morgan fingerprint density at radius 3 is 3.12 bits per heavy atom. The van der Waals surface area contributed by atoms with Crippen LogP contribution in [0.3, 0.4) is 0 Å². The minimum Gasteiger partial charge on any atom is -0.461 e. The van der Waals surface area contributed by atoms with Gasteiger partial charge in [-0.2, -0.15) is 0 Å². The van der Waals surface area contributed by atoms with Crippen LogP contribution in [0.2, 0.25) is 5.02 Å². The number of rotatable bonds is 2. The molecule has 0 saturated carbocycles. The minimum atomic E-state index is -0.450. The summed E-state index contributed by atoms with van der Waals surface area (Å²) in [4.78, 5) is 15.7. The van der Waals surface area contributed by atoms with Crippen LogP contribution in [0, 0.1) is 0 Å². The van der Waals surface area contributed by atoms with E-state index in [1.165, 1.54) is 0 Å². The molecule has 2 heterocycles. The monoisotopic (exact) mass is 302 g/mol. The van der Waals surface area contributed by atoms with Gasteiger partial charge in [0.25, 0.3) is 0 Å². The molecule has 2 aromatic rings. The first-order valence-corrected chi connectivity index (χ1v) is 5.80. The number of halogens is 2. The number of nitrogens with zero attached hydrogens (tertiary/aromatic N) is 2. The fraction of sp³-hybridized carbons (Fsp3) is 0.200. The van der Waals surface area contributed by atoms with Crippen molar-refractivity contribution in [1.82, 2.24) is 9.38 Å². The highest BCUT2D eigenvalue weighted by Gasteiger charge is 2.17. The van der Waals surface area contributed by atoms with E-state index in [9.17, 15) is 4.79 Å². The summed E-state index contributed by atoms with van der Waals surface area (Å²) in [5.74, 6) is -0.450. The highest BCUT2D eigenvalue weighted by atomic mass is 79.9. The highest BCUT2D eigenvalue weighted by molar-refractivity contribution is 9.10. The number of carbonyl (C=O) groups is 1. The molecule has 0 amide bonds. The van der Waals surface area contributed by atoms with Gasteiger partial charge in [-0.3, -0.25) is 4.40 Å². The number of aromatic nitrogens is 2. The average molecular weight is 304 g/mol. The lowest BCUT2D eigenvalue weighted by molar-refractivity contribution is 0.0519. The number of esters is 1. The van der Waals surface area contributed by atoms with E-state index in [0.29, 0.717) is 21.9 Å². The third-order valence-electron chi connectivity index (χ3n) is 2.00. The summed E-state index contributed by atoms with van der Waals surface area (Å²) in [6.07, 6.45) is 1.73. The number of hydrogen-bond donors (Lipinski definition) is 0. The molecular formula is C10H8BrClN2O2. The summed E-state index contributed by atoms with van der Waals surface area (Å²) < 4.78 is 7.18. The summed E-state index contributed by atoms with van der Waals surface area (Å²) in [6.45, 7) is 2.07. The van der Waals surface area contributed by atoms with E-state index in [0.717, 1.165) is 0 Å². The quantitative estimate of drug-likeness (QED) is 0.801. The average Bonchev–Trinajstić information content (AvgIpc) is 2.56. The summed E-state index contributed by atoms with van der Waals surface area (Å²) in [7, 11) is 0. The Balaban J connectivity index is 2.55. The lowest BCUT2D eigenvalue weighted by Gasteiger charge is -1.97. The molecule has 4 nitrogen and oxygen atoms in total. The van der Waals surface area contributed by atoms with Crippen LogP contribution in [0.15, 0.2) is 22.9 Å². The van der Waals surface area contributed by atoms with Gasteiger partial charge >= 0.3 is 5.97 Å². The molecular weight excluding hydrogens is 295 g/mol. The molecule has 0 unspecified atom stereocenters. The van der Waals surface area contributed by atoms with E-state index < -0.39 is 5.97 Å². The maximum atomic E-state index is 11.6. The van der Waals surface area contributed by atoms with Crippen LogP contribution in [-0.2, 0) is 4.74 Å². The zero-order valence-corrected chi connectivity index (χ0v) is 10.7. The summed E-state index contributed by atoms with van der Waals surface area (Å²) in [5, 5.41) is 0.570. The van der Waals surface area contributed by atoms with Crippen LogP contribution in [0.1, 0.15) is 17.4 Å². The Morgan fingerprint density at radius 2 is 2.44 bits per heavy atom. The van der Waals surface area contributed by atoms with Crippen molar-refractivity contribution in [2.75, 3.05) is 6.61 Å². The molecule has 0 aliphatic carbocycles. The van der Waals surface area contributed by atoms with Gasteiger partial charge in [-0.05, 0) is 28.9 Å². The van der Waals surface area contributed by atoms with E-state index >= 15 is 0 Å². The van der Waals surface area contributed by atoms with E-state index in [1.54, 1.807) is 29.7 Å². The molecule has 0 aromatic carbocycles. The van der Waals surface area contributed by atoms with Crippen LogP contribution in [0.5, 0.6) is 0 Å². The molecule has 0 atom stereocenters. The Labute approximate surface area is 105 Å². The molecule has 0 saturated heterocycles. The normalized spacial score (nSPS) is 10.7. The van der Waals surface area contributed by atoms with Crippen LogP contribution in [0.25, 0.3) is 5.65 Å². The smallest absolute Gasteiger partial charge is 0.359 e. The van der Waals surface area contributed by atoms with E-state index in [2.05, 4.69) is 20.9 Å². The number of carbonyl (C=O) groups excluding carboxylic acids is 1. The number of hydrogen-bond acceptors (Lipinski definition) is 3. The second-order valence-electron chi connectivity index (χ2n) is 3.04. The van der Waals surface area contributed by atoms with Gasteiger partial charge in [-0.15, -0.1) is 0 Å². The Bertz CT molecular complexity index is 553. The maximum absolute atomic E-state index is 11.6. The SMILES string of the molecule is CCOC(=O)c1nc2cc(Cl)ccn2c1Br. The fourth-order valence-corrected chi connectivity index (χ4v) is 2.02. The molecule has 0 N–H and O–H groups in total. The van der Waals surface area contributed by atoms with Crippen molar-refractivity contribution in [3.8, 4) is 0 Å². The second kappa shape index (κ2) is 4.43. The number of fused-ring (bicyclic) bond motifs is 1. The Morgan fingerprint density at radius 1 is 1.69 bits per heavy atom. The van der Waals surface area contributed by atoms with Crippen molar-refractivity contribution in [1.29, 1.82) is 0 Å². The van der Waals surface area contributed by atoms with E-state index in [4.69, 9.17) is 16.3 Å². The lowest BCUT2D eigenvalue weighted by atomic mass is 10.5. The van der Waals surface area contributed by atoms with Gasteiger partial charge in [-0.25, -0.2) is 9.78 Å². The van der Waals surface area contributed by atoms with E-state index in [-0.39, 0.29) is 5.69 Å². The second-order valence-corrected chi connectivity index (χ2v) is 4.23. The van der Waals surface area contributed by atoms with Gasteiger partial charge in [-0.1, -0.05) is 11.6 Å². The summed E-state index contributed by atoms with van der Waals surface area (Å²) >= 11 is 9.14. The largest absolute Gasteiger partial charge is 0.461 e. The molecule has 0 bridgehead atoms. The molecule has 0 fully saturated rings. The molecule has 0 spiro atoms. The first-order chi connectivity index (χ1) is 7.63. The topological polar surface area (TPSA) is 43.6 Å². The lowest BCUT2D eigenvalue weighted by Crippen LogP contribution is -2.05. The molecule has 0 aliphatic heterocycles. The van der Waals surface area contributed by atoms with Crippen LogP contribution >= 0.6 is 27.5 Å². The van der Waals surface area contributed by atoms with Crippen molar-refractivity contribution >= 4 is 39.1 Å². The number of imidazole rings is 1. The molecule has 84 valence electrons. The van der Waals surface area contributed by atoms with Crippen molar-refractivity contribution in [2.24, 2.45) is 0 Å². The fourth-order valence-electron chi connectivity index (χ4n) is 1.32. The Kier molecular flexibility index (Phi) is 3.16. The molecule has 0 aliphatic rings. The van der Waals surface area contributed by atoms with Crippen LogP contribution < -0.4 is 0 Å². The molecule has 16 heavy (non-hydrogen) atoms. The van der Waals surface area contributed by atoms with Crippen molar-refractivity contribution in [2.45, 2.75) is 6.92 Å². The van der Waals surface area contributed by atoms with Gasteiger partial charge in [0.15, 0.2) is 5.69 Å². The molecule has 2 rings (SSSR count). The van der Waals surface area contributed by atoms with Crippen molar-refractivity contribution < 1.29 is 9.53 Å². The number of pyridine rings is 1. The van der Waals surface area contributed by atoms with Crippen LogP contribution in [-0.4, -0.2) is 22.0 Å². The third-order valence-corrected chi connectivity index (χ3v) is 2.99. The summed E-state index contributed by atoms with van der Waals surface area (Å²) in [5.41, 5.74) is 0.853. The van der Waals surface area contributed by atoms with E-state index in [1.807, 2.05) is 0 Å². The standard InChI is InChI=1S/C10H8BrClN2O2/c1-2-16-10(15)8-9(11)14-4-3-6(12)5-7(14)13-8/h3-5H,2H2,1H3. The zero-order chi connectivity index (χ0) is 11.7.